The lowest BCUT2D eigenvalue weighted by Crippen LogP contribution is -2.12. The molecule has 1 heterocycles. The molecule has 100 valence electrons. The van der Waals surface area contributed by atoms with Crippen molar-refractivity contribution in [2.24, 2.45) is 0 Å². The van der Waals surface area contributed by atoms with E-state index in [0.29, 0.717) is 4.68 Å². The topological polar surface area (TPSA) is 107 Å². The van der Waals surface area contributed by atoms with Crippen molar-refractivity contribution in [2.75, 3.05) is 19.6 Å². The van der Waals surface area contributed by atoms with Gasteiger partial charge in [0.05, 0.1) is 25.5 Å². The summed E-state index contributed by atoms with van der Waals surface area (Å²) in [4.78, 5) is 32.9. The fourth-order valence-corrected chi connectivity index (χ4v) is 1.51. The van der Waals surface area contributed by atoms with E-state index in [1.807, 2.05) is 0 Å². The molecule has 2 N–H and O–H groups in total. The number of benzene rings is 1. The van der Waals surface area contributed by atoms with Gasteiger partial charge in [-0.05, 0) is 0 Å². The van der Waals surface area contributed by atoms with Crippen LogP contribution in [-0.2, 0) is 0 Å². The highest BCUT2D eigenvalue weighted by atomic mass is 16.5. The first-order chi connectivity index (χ1) is 8.99. The molecule has 0 fully saturated rings. The van der Waals surface area contributed by atoms with Crippen molar-refractivity contribution in [3.05, 3.63) is 38.4 Å². The first-order valence-corrected chi connectivity index (χ1v) is 5.14. The summed E-state index contributed by atoms with van der Waals surface area (Å²) in [7, 11) is 2.75. The molecule has 0 radical (unpaired) electrons. The molecule has 0 amide bonds. The predicted octanol–water partition coefficient (Wildman–Crippen LogP) is -0.325. The molecule has 0 aliphatic rings. The van der Waals surface area contributed by atoms with Crippen LogP contribution in [-0.4, -0.2) is 30.0 Å². The smallest absolute Gasteiger partial charge is 0.340 e. The lowest BCUT2D eigenvalue weighted by molar-refractivity contribution is 0.0697. The van der Waals surface area contributed by atoms with Crippen molar-refractivity contribution in [1.29, 1.82) is 0 Å². The first kappa shape index (κ1) is 12.7. The molecule has 1 aromatic heterocycles. The van der Waals surface area contributed by atoms with Crippen LogP contribution in [0.2, 0.25) is 0 Å². The molecule has 0 aliphatic heterocycles. The quantitative estimate of drug-likeness (QED) is 0.714. The maximum atomic E-state index is 11.1. The van der Waals surface area contributed by atoms with Gasteiger partial charge in [0.15, 0.2) is 11.5 Å². The van der Waals surface area contributed by atoms with Gasteiger partial charge in [0.1, 0.15) is 0 Å². The van der Waals surface area contributed by atoms with E-state index in [0.717, 1.165) is 0 Å². The number of hydrogen-bond donors (Lipinski definition) is 2. The highest BCUT2D eigenvalue weighted by Gasteiger charge is 2.21. The monoisotopic (exact) mass is 266 g/mol. The van der Waals surface area contributed by atoms with Gasteiger partial charge in [-0.1, -0.05) is 0 Å². The molecule has 2 rings (SSSR count). The Morgan fingerprint density at radius 3 is 2.11 bits per heavy atom. The number of aromatic nitrogens is 1. The number of methoxy groups -OCH3 is 2. The molecule has 0 spiro atoms. The number of aromatic carboxylic acids is 1. The average molecular weight is 266 g/mol. The average Bonchev–Trinajstić information content (AvgIpc) is 2.95. The molecule has 0 atom stereocenters. The maximum absolute atomic E-state index is 11.1. The van der Waals surface area contributed by atoms with E-state index in [1.54, 1.807) is 0 Å². The number of nitrogens with one attached hydrogen (secondary N) is 1. The van der Waals surface area contributed by atoms with Crippen LogP contribution in [0.5, 0.6) is 11.5 Å². The van der Waals surface area contributed by atoms with Crippen molar-refractivity contribution in [1.82, 2.24) is 4.68 Å². The van der Waals surface area contributed by atoms with Crippen LogP contribution in [0.25, 0.3) is 0 Å². The third kappa shape index (κ3) is 2.15. The second kappa shape index (κ2) is 4.48. The highest BCUT2D eigenvalue weighted by molar-refractivity contribution is 5.95. The van der Waals surface area contributed by atoms with Crippen molar-refractivity contribution in [3.8, 4) is 11.5 Å². The zero-order valence-electron chi connectivity index (χ0n) is 10.1. The Labute approximate surface area is 106 Å². The van der Waals surface area contributed by atoms with Crippen LogP contribution >= 0.6 is 0 Å². The van der Waals surface area contributed by atoms with Gasteiger partial charge in [0, 0.05) is 12.1 Å². The molecule has 0 unspecified atom stereocenters. The second-order valence-corrected chi connectivity index (χ2v) is 3.62. The SMILES string of the molecule is COc1cc(Nn2c(=O)c2=O)c(C(=O)O)cc1OC. The number of carbonyl (C=O) groups is 1. The highest BCUT2D eigenvalue weighted by Crippen LogP contribution is 2.33. The standard InChI is InChI=1S/C11H10N2O6/c1-18-7-3-5(11(16)17)6(4-8(7)19-2)12-13-9(14)10(13)15/h3-4,12H,1-2H3,(H,16,17). The fraction of sp³-hybridized carbons (Fsp3) is 0.182. The third-order valence-electron chi connectivity index (χ3n) is 2.53. The van der Waals surface area contributed by atoms with Crippen LogP contribution < -0.4 is 26.0 Å². The van der Waals surface area contributed by atoms with Gasteiger partial charge in [-0.25, -0.2) is 4.79 Å². The van der Waals surface area contributed by atoms with Crippen LogP contribution in [0.1, 0.15) is 10.4 Å². The molecule has 0 saturated heterocycles. The molecule has 8 nitrogen and oxygen atoms in total. The van der Waals surface area contributed by atoms with E-state index in [9.17, 15) is 14.4 Å². The first-order valence-electron chi connectivity index (χ1n) is 5.14. The third-order valence-corrected chi connectivity index (χ3v) is 2.53. The van der Waals surface area contributed by atoms with Crippen LogP contribution in [0.3, 0.4) is 0 Å². The molecular formula is C11H10N2O6. The van der Waals surface area contributed by atoms with Crippen LogP contribution in [0.15, 0.2) is 21.7 Å². The Hall–Kier alpha value is -2.77. The minimum atomic E-state index is -1.23. The summed E-state index contributed by atoms with van der Waals surface area (Å²) < 4.78 is 10.7. The number of nitrogens with zero attached hydrogens (tertiary/aromatic N) is 1. The van der Waals surface area contributed by atoms with Gasteiger partial charge in [-0.2, -0.15) is 4.68 Å². The Bertz CT molecular complexity index is 685. The van der Waals surface area contributed by atoms with E-state index in [1.165, 1.54) is 26.4 Å². The molecular weight excluding hydrogens is 256 g/mol. The lowest BCUT2D eigenvalue weighted by atomic mass is 10.1. The minimum absolute atomic E-state index is 0.0596. The second-order valence-electron chi connectivity index (χ2n) is 3.62. The summed E-state index contributed by atoms with van der Waals surface area (Å²) in [6.45, 7) is 0. The zero-order chi connectivity index (χ0) is 14.2. The summed E-state index contributed by atoms with van der Waals surface area (Å²) in [5.41, 5.74) is 0.860. The summed E-state index contributed by atoms with van der Waals surface area (Å²) in [5, 5.41) is 9.09. The Kier molecular flexibility index (Phi) is 2.99. The summed E-state index contributed by atoms with van der Waals surface area (Å²) >= 11 is 0. The molecule has 0 bridgehead atoms. The van der Waals surface area contributed by atoms with Gasteiger partial charge >= 0.3 is 17.1 Å². The Balaban J connectivity index is 2.51. The normalized spacial score (nSPS) is 10.4. The summed E-state index contributed by atoms with van der Waals surface area (Å²) in [6.07, 6.45) is 0. The van der Waals surface area contributed by atoms with Gasteiger partial charge < -0.3 is 14.6 Å². The van der Waals surface area contributed by atoms with Crippen molar-refractivity contribution < 1.29 is 19.4 Å². The molecule has 2 aromatic rings. The number of ether oxygens (including phenoxy) is 2. The molecule has 0 saturated carbocycles. The number of rotatable bonds is 5. The van der Waals surface area contributed by atoms with Crippen LogP contribution in [0.4, 0.5) is 5.69 Å². The molecule has 1 aromatic carbocycles. The number of hydrogen-bond acceptors (Lipinski definition) is 6. The summed E-state index contributed by atoms with van der Waals surface area (Å²) in [6, 6.07) is 2.57. The largest absolute Gasteiger partial charge is 0.493 e. The number of carboxylic acids is 1. The lowest BCUT2D eigenvalue weighted by Gasteiger charge is -2.12. The minimum Gasteiger partial charge on any atom is -0.493 e. The summed E-state index contributed by atoms with van der Waals surface area (Å²) in [5.74, 6) is -0.726. The van der Waals surface area contributed by atoms with Gasteiger partial charge in [0.2, 0.25) is 0 Å². The number of carboxylic acid groups (broad SMARTS) is 1. The van der Waals surface area contributed by atoms with Crippen molar-refractivity contribution in [3.63, 3.8) is 0 Å². The fourth-order valence-electron chi connectivity index (χ4n) is 1.51. The predicted molar refractivity (Wildman–Crippen MR) is 64.9 cm³/mol. The van der Waals surface area contributed by atoms with Crippen LogP contribution in [0, 0.1) is 0 Å². The van der Waals surface area contributed by atoms with Crippen molar-refractivity contribution in [2.45, 2.75) is 0 Å². The number of anilines is 1. The Morgan fingerprint density at radius 2 is 1.68 bits per heavy atom. The van der Waals surface area contributed by atoms with E-state index >= 15 is 0 Å². The molecule has 8 heteroatoms. The van der Waals surface area contributed by atoms with E-state index in [2.05, 4.69) is 5.43 Å². The van der Waals surface area contributed by atoms with Crippen molar-refractivity contribution >= 4 is 11.7 Å². The molecule has 19 heavy (non-hydrogen) atoms. The van der Waals surface area contributed by atoms with Gasteiger partial charge in [0.25, 0.3) is 0 Å². The van der Waals surface area contributed by atoms with E-state index in [-0.39, 0.29) is 22.7 Å². The molecule has 0 aliphatic carbocycles. The van der Waals surface area contributed by atoms with Gasteiger partial charge in [-0.3, -0.25) is 15.0 Å². The zero-order valence-corrected chi connectivity index (χ0v) is 10.1. The van der Waals surface area contributed by atoms with E-state index in [4.69, 9.17) is 14.6 Å². The van der Waals surface area contributed by atoms with Gasteiger partial charge in [-0.15, -0.1) is 0 Å². The van der Waals surface area contributed by atoms with E-state index < -0.39 is 17.1 Å². The Morgan fingerprint density at radius 1 is 1.16 bits per heavy atom. The maximum Gasteiger partial charge on any atom is 0.340 e.